The monoisotopic (exact) mass is 379 g/mol. The Morgan fingerprint density at radius 2 is 1.64 bits per heavy atom. The average molecular weight is 379 g/mol. The average Bonchev–Trinajstić information content (AvgIpc) is 2.77. The Kier molecular flexibility index (Phi) is 6.94. The number of nitrogens with zero attached hydrogens (tertiary/aromatic N) is 2. The standard InChI is InChI=1S/C22H25N3O3/c26-21(23-28)11-10-19-8-4-5-9-20(19)22(27)25-16-14-24(15-17-25)13-12-18-6-2-1-3-7-18/h1-11,28H,12-17H2,(H,23,26)/b11-10+. The molecule has 0 aliphatic carbocycles. The highest BCUT2D eigenvalue weighted by Crippen LogP contribution is 2.15. The van der Waals surface area contributed by atoms with E-state index < -0.39 is 5.91 Å². The molecule has 0 aromatic heterocycles. The summed E-state index contributed by atoms with van der Waals surface area (Å²) in [6.45, 7) is 4.06. The Morgan fingerprint density at radius 1 is 0.964 bits per heavy atom. The highest BCUT2D eigenvalue weighted by Gasteiger charge is 2.23. The summed E-state index contributed by atoms with van der Waals surface area (Å²) in [6, 6.07) is 17.6. The van der Waals surface area contributed by atoms with Gasteiger partial charge in [-0.05, 0) is 29.7 Å². The van der Waals surface area contributed by atoms with Crippen molar-refractivity contribution in [2.24, 2.45) is 0 Å². The normalized spacial score (nSPS) is 15.0. The number of hydrogen-bond acceptors (Lipinski definition) is 4. The first kappa shape index (κ1) is 19.8. The molecule has 0 atom stereocenters. The maximum absolute atomic E-state index is 12.9. The zero-order valence-corrected chi connectivity index (χ0v) is 15.8. The van der Waals surface area contributed by atoms with E-state index in [2.05, 4.69) is 29.2 Å². The molecule has 0 radical (unpaired) electrons. The molecule has 1 saturated heterocycles. The van der Waals surface area contributed by atoms with E-state index in [0.717, 1.165) is 26.1 Å². The van der Waals surface area contributed by atoms with Crippen LogP contribution in [0.3, 0.4) is 0 Å². The topological polar surface area (TPSA) is 72.9 Å². The number of carbonyl (C=O) groups is 2. The first-order chi connectivity index (χ1) is 13.7. The molecule has 2 aromatic rings. The largest absolute Gasteiger partial charge is 0.336 e. The van der Waals surface area contributed by atoms with E-state index in [0.29, 0.717) is 24.2 Å². The first-order valence-electron chi connectivity index (χ1n) is 9.44. The molecular formula is C22H25N3O3. The van der Waals surface area contributed by atoms with Crippen molar-refractivity contribution in [3.05, 3.63) is 77.4 Å². The minimum Gasteiger partial charge on any atom is -0.336 e. The second-order valence-corrected chi connectivity index (χ2v) is 6.77. The molecule has 1 fully saturated rings. The third-order valence-corrected chi connectivity index (χ3v) is 4.93. The quantitative estimate of drug-likeness (QED) is 0.459. The Balaban J connectivity index is 1.57. The summed E-state index contributed by atoms with van der Waals surface area (Å²) in [4.78, 5) is 28.4. The lowest BCUT2D eigenvalue weighted by Gasteiger charge is -2.35. The molecular weight excluding hydrogens is 354 g/mol. The molecule has 2 aromatic carbocycles. The number of carbonyl (C=O) groups excluding carboxylic acids is 2. The Morgan fingerprint density at radius 3 is 2.36 bits per heavy atom. The molecule has 6 heteroatoms. The van der Waals surface area contributed by atoms with Crippen LogP contribution in [0.15, 0.2) is 60.7 Å². The molecule has 2 amide bonds. The fraction of sp³-hybridized carbons (Fsp3) is 0.273. The van der Waals surface area contributed by atoms with Gasteiger partial charge in [-0.15, -0.1) is 0 Å². The Labute approximate surface area is 165 Å². The fourth-order valence-electron chi connectivity index (χ4n) is 3.32. The summed E-state index contributed by atoms with van der Waals surface area (Å²) in [6.07, 6.45) is 3.75. The molecule has 3 rings (SSSR count). The van der Waals surface area contributed by atoms with Crippen LogP contribution in [-0.4, -0.2) is 59.5 Å². The van der Waals surface area contributed by atoms with Crippen molar-refractivity contribution in [3.63, 3.8) is 0 Å². The van der Waals surface area contributed by atoms with Crippen molar-refractivity contribution >= 4 is 17.9 Å². The SMILES string of the molecule is O=C(/C=C/c1ccccc1C(=O)N1CCN(CCc2ccccc2)CC1)NO. The number of rotatable bonds is 6. The summed E-state index contributed by atoms with van der Waals surface area (Å²) in [5.74, 6) is -0.665. The maximum Gasteiger partial charge on any atom is 0.267 e. The molecule has 0 bridgehead atoms. The number of amides is 2. The van der Waals surface area contributed by atoms with Gasteiger partial charge in [0.1, 0.15) is 0 Å². The van der Waals surface area contributed by atoms with E-state index in [1.165, 1.54) is 17.7 Å². The second-order valence-electron chi connectivity index (χ2n) is 6.77. The number of nitrogens with one attached hydrogen (secondary N) is 1. The summed E-state index contributed by atoms with van der Waals surface area (Å²) in [7, 11) is 0. The predicted molar refractivity (Wildman–Crippen MR) is 108 cm³/mol. The third-order valence-electron chi connectivity index (χ3n) is 4.93. The second kappa shape index (κ2) is 9.82. The van der Waals surface area contributed by atoms with Crippen molar-refractivity contribution in [1.29, 1.82) is 0 Å². The summed E-state index contributed by atoms with van der Waals surface area (Å²) >= 11 is 0. The van der Waals surface area contributed by atoms with Gasteiger partial charge in [0, 0.05) is 44.4 Å². The number of hydroxylamine groups is 1. The van der Waals surface area contributed by atoms with Crippen LogP contribution >= 0.6 is 0 Å². The lowest BCUT2D eigenvalue weighted by molar-refractivity contribution is -0.124. The van der Waals surface area contributed by atoms with Gasteiger partial charge in [-0.3, -0.25) is 19.7 Å². The van der Waals surface area contributed by atoms with E-state index in [4.69, 9.17) is 5.21 Å². The molecule has 0 spiro atoms. The van der Waals surface area contributed by atoms with Gasteiger partial charge in [0.25, 0.3) is 11.8 Å². The maximum atomic E-state index is 12.9. The number of hydrogen-bond donors (Lipinski definition) is 2. The van der Waals surface area contributed by atoms with Crippen molar-refractivity contribution < 1.29 is 14.8 Å². The number of piperazine rings is 1. The Bertz CT molecular complexity index is 828. The van der Waals surface area contributed by atoms with Crippen LogP contribution < -0.4 is 5.48 Å². The van der Waals surface area contributed by atoms with Crippen LogP contribution in [0.2, 0.25) is 0 Å². The van der Waals surface area contributed by atoms with Gasteiger partial charge in [-0.2, -0.15) is 0 Å². The van der Waals surface area contributed by atoms with Gasteiger partial charge in [0.2, 0.25) is 0 Å². The van der Waals surface area contributed by atoms with Gasteiger partial charge in [-0.25, -0.2) is 5.48 Å². The van der Waals surface area contributed by atoms with Crippen LogP contribution in [0.4, 0.5) is 0 Å². The molecule has 0 saturated carbocycles. The molecule has 0 unspecified atom stereocenters. The van der Waals surface area contributed by atoms with Crippen molar-refractivity contribution in [2.75, 3.05) is 32.7 Å². The molecule has 1 aliphatic rings. The van der Waals surface area contributed by atoms with Crippen molar-refractivity contribution in [1.82, 2.24) is 15.3 Å². The molecule has 6 nitrogen and oxygen atoms in total. The molecule has 1 aliphatic heterocycles. The molecule has 146 valence electrons. The number of benzene rings is 2. The summed E-state index contributed by atoms with van der Waals surface area (Å²) in [5, 5.41) is 8.61. The lowest BCUT2D eigenvalue weighted by Crippen LogP contribution is -2.49. The Hall–Kier alpha value is -2.96. The van der Waals surface area contributed by atoms with Crippen LogP contribution in [0, 0.1) is 0 Å². The highest BCUT2D eigenvalue weighted by molar-refractivity contribution is 5.99. The van der Waals surface area contributed by atoms with Gasteiger partial charge in [0.15, 0.2) is 0 Å². The van der Waals surface area contributed by atoms with E-state index in [-0.39, 0.29) is 5.91 Å². The molecule has 28 heavy (non-hydrogen) atoms. The highest BCUT2D eigenvalue weighted by atomic mass is 16.5. The third kappa shape index (κ3) is 5.28. The molecule has 2 N–H and O–H groups in total. The lowest BCUT2D eigenvalue weighted by atomic mass is 10.0. The van der Waals surface area contributed by atoms with Crippen LogP contribution in [0.5, 0.6) is 0 Å². The van der Waals surface area contributed by atoms with E-state index in [1.54, 1.807) is 17.6 Å². The van der Waals surface area contributed by atoms with Crippen molar-refractivity contribution in [3.8, 4) is 0 Å². The van der Waals surface area contributed by atoms with Gasteiger partial charge < -0.3 is 4.90 Å². The minimum absolute atomic E-state index is 0.0348. The summed E-state index contributed by atoms with van der Waals surface area (Å²) < 4.78 is 0. The van der Waals surface area contributed by atoms with Gasteiger partial charge >= 0.3 is 0 Å². The van der Waals surface area contributed by atoms with Gasteiger partial charge in [0.05, 0.1) is 0 Å². The van der Waals surface area contributed by atoms with E-state index in [1.807, 2.05) is 23.1 Å². The zero-order valence-electron chi connectivity index (χ0n) is 15.8. The zero-order chi connectivity index (χ0) is 19.8. The van der Waals surface area contributed by atoms with E-state index in [9.17, 15) is 9.59 Å². The predicted octanol–water partition coefficient (Wildman–Crippen LogP) is 2.21. The van der Waals surface area contributed by atoms with Crippen LogP contribution in [0.1, 0.15) is 21.5 Å². The van der Waals surface area contributed by atoms with Gasteiger partial charge in [-0.1, -0.05) is 48.5 Å². The molecule has 1 heterocycles. The van der Waals surface area contributed by atoms with E-state index >= 15 is 0 Å². The van der Waals surface area contributed by atoms with Crippen LogP contribution in [0.25, 0.3) is 6.08 Å². The smallest absolute Gasteiger partial charge is 0.267 e. The van der Waals surface area contributed by atoms with Crippen LogP contribution in [-0.2, 0) is 11.2 Å². The minimum atomic E-state index is -0.630. The first-order valence-corrected chi connectivity index (χ1v) is 9.44. The van der Waals surface area contributed by atoms with Crippen molar-refractivity contribution in [2.45, 2.75) is 6.42 Å². The fourth-order valence-corrected chi connectivity index (χ4v) is 3.32. The summed E-state index contributed by atoms with van der Waals surface area (Å²) in [5.41, 5.74) is 4.09.